The van der Waals surface area contributed by atoms with E-state index in [1.54, 1.807) is 36.4 Å². The van der Waals surface area contributed by atoms with Gasteiger partial charge in [0, 0.05) is 11.5 Å². The van der Waals surface area contributed by atoms with Gasteiger partial charge in [0.15, 0.2) is 0 Å². The summed E-state index contributed by atoms with van der Waals surface area (Å²) in [5.74, 6) is 0. The Labute approximate surface area is 215 Å². The van der Waals surface area contributed by atoms with E-state index in [-0.39, 0.29) is 23.0 Å². The molecule has 0 bridgehead atoms. The molecule has 0 aliphatic heterocycles. The molecule has 4 rings (SSSR count). The highest BCUT2D eigenvalue weighted by molar-refractivity contribution is 7.91. The van der Waals surface area contributed by atoms with Gasteiger partial charge in [0.1, 0.15) is 0 Å². The maximum atomic E-state index is 13.3. The molecule has 1 heterocycles. The molecule has 1 aromatic heterocycles. The molecular formula is C21H14N6O9S2. The van der Waals surface area contributed by atoms with Crippen molar-refractivity contribution in [3.8, 4) is 0 Å². The molecule has 0 saturated carbocycles. The molecule has 0 atom stereocenters. The number of rotatable bonds is 8. The number of non-ortho nitro benzene ring substituents is 1. The van der Waals surface area contributed by atoms with E-state index in [0.29, 0.717) is 21.1 Å². The lowest BCUT2D eigenvalue weighted by Crippen LogP contribution is -2.32. The lowest BCUT2D eigenvalue weighted by atomic mass is 10.2. The van der Waals surface area contributed by atoms with Crippen molar-refractivity contribution in [3.05, 3.63) is 124 Å². The molecule has 38 heavy (non-hydrogen) atoms. The molecular weight excluding hydrogens is 544 g/mol. The first-order valence-corrected chi connectivity index (χ1v) is 12.6. The van der Waals surface area contributed by atoms with Crippen LogP contribution in [0.1, 0.15) is 5.56 Å². The number of nitro groups is 3. The van der Waals surface area contributed by atoms with E-state index < -0.39 is 58.0 Å². The molecule has 3 aromatic carbocycles. The number of hydrogen-bond acceptors (Lipinski definition) is 11. The van der Waals surface area contributed by atoms with Crippen LogP contribution in [0, 0.1) is 30.3 Å². The van der Waals surface area contributed by atoms with Gasteiger partial charge in [-0.2, -0.15) is 8.42 Å². The Kier molecular flexibility index (Phi) is 6.96. The van der Waals surface area contributed by atoms with Crippen LogP contribution in [-0.4, -0.2) is 31.1 Å². The number of nitrogens with zero attached hydrogens (tertiary/aromatic N) is 6. The second-order valence-corrected chi connectivity index (χ2v) is 10.4. The zero-order valence-corrected chi connectivity index (χ0v) is 20.4. The first-order chi connectivity index (χ1) is 18.0. The van der Waals surface area contributed by atoms with Crippen LogP contribution in [0.25, 0.3) is 0 Å². The number of aromatic nitrogens is 2. The van der Waals surface area contributed by atoms with Gasteiger partial charge in [0.25, 0.3) is 15.7 Å². The van der Waals surface area contributed by atoms with Crippen molar-refractivity contribution in [1.29, 1.82) is 0 Å². The van der Waals surface area contributed by atoms with Crippen LogP contribution in [-0.2, 0) is 16.6 Å². The van der Waals surface area contributed by atoms with E-state index in [1.807, 2.05) is 0 Å². The van der Waals surface area contributed by atoms with Gasteiger partial charge in [0.05, 0.1) is 38.3 Å². The molecule has 0 saturated heterocycles. The average molecular weight is 559 g/mol. The third-order valence-electron chi connectivity index (χ3n) is 5.09. The number of nitro benzene ring substituents is 3. The van der Waals surface area contributed by atoms with Crippen LogP contribution in [0.2, 0.25) is 0 Å². The summed E-state index contributed by atoms with van der Waals surface area (Å²) < 4.78 is 27.7. The zero-order chi connectivity index (χ0) is 27.6. The molecule has 0 N–H and O–H groups in total. The fourth-order valence-electron chi connectivity index (χ4n) is 3.35. The maximum Gasteiger partial charge on any atom is 0.354 e. The lowest BCUT2D eigenvalue weighted by Gasteiger charge is -2.03. The van der Waals surface area contributed by atoms with Gasteiger partial charge in [-0.05, 0) is 17.7 Å². The summed E-state index contributed by atoms with van der Waals surface area (Å²) in [6, 6.07) is 16.2. The van der Waals surface area contributed by atoms with Gasteiger partial charge in [-0.25, -0.2) is 9.79 Å². The van der Waals surface area contributed by atoms with Crippen LogP contribution < -0.4 is 10.5 Å². The van der Waals surface area contributed by atoms with Gasteiger partial charge >= 0.3 is 17.1 Å². The van der Waals surface area contributed by atoms with Crippen molar-refractivity contribution >= 4 is 44.3 Å². The summed E-state index contributed by atoms with van der Waals surface area (Å²) >= 11 is 0.287. The van der Waals surface area contributed by atoms with Gasteiger partial charge in [-0.1, -0.05) is 48.5 Å². The van der Waals surface area contributed by atoms with Crippen LogP contribution in [0.4, 0.5) is 22.7 Å². The molecule has 17 heteroatoms. The summed E-state index contributed by atoms with van der Waals surface area (Å²) in [4.78, 5) is 48.0. The monoisotopic (exact) mass is 558 g/mol. The predicted molar refractivity (Wildman–Crippen MR) is 133 cm³/mol. The molecule has 0 spiro atoms. The molecule has 0 aliphatic carbocycles. The largest absolute Gasteiger partial charge is 0.354 e. The normalized spacial score (nSPS) is 11.8. The minimum Gasteiger partial charge on any atom is -0.262 e. The third-order valence-corrected chi connectivity index (χ3v) is 8.16. The predicted octanol–water partition coefficient (Wildman–Crippen LogP) is 2.95. The number of hydrogen-bond donors (Lipinski definition) is 0. The fourth-order valence-corrected chi connectivity index (χ4v) is 5.89. The van der Waals surface area contributed by atoms with E-state index in [2.05, 4.69) is 4.99 Å². The fraction of sp³-hybridized carbons (Fsp3) is 0.0476. The highest BCUT2D eigenvalue weighted by Gasteiger charge is 2.31. The summed E-state index contributed by atoms with van der Waals surface area (Å²) in [6.07, 6.45) is 0. The van der Waals surface area contributed by atoms with Crippen molar-refractivity contribution in [1.82, 2.24) is 7.93 Å². The van der Waals surface area contributed by atoms with E-state index >= 15 is 0 Å². The van der Waals surface area contributed by atoms with Crippen LogP contribution in [0.15, 0.2) is 87.5 Å². The zero-order valence-electron chi connectivity index (χ0n) is 18.8. The Balaban J connectivity index is 2.07. The van der Waals surface area contributed by atoms with Crippen LogP contribution in [0.5, 0.6) is 0 Å². The van der Waals surface area contributed by atoms with Gasteiger partial charge in [0.2, 0.25) is 10.5 Å². The minimum atomic E-state index is -4.44. The molecule has 4 aromatic rings. The smallest absolute Gasteiger partial charge is 0.262 e. The van der Waals surface area contributed by atoms with E-state index in [9.17, 15) is 43.6 Å². The average Bonchev–Trinajstić information content (AvgIpc) is 3.20. The Morgan fingerprint density at radius 3 is 1.84 bits per heavy atom. The molecule has 0 radical (unpaired) electrons. The Bertz CT molecular complexity index is 1780. The topological polar surface area (TPSA) is 203 Å². The Morgan fingerprint density at radius 1 is 0.816 bits per heavy atom. The first-order valence-electron chi connectivity index (χ1n) is 10.3. The second-order valence-electron chi connectivity index (χ2n) is 7.49. The SMILES string of the molecule is O=c1n(S(=O)(=O)c2ccccc2)sc(=Nc2c([N+](=O)[O-])cc([N+](=O)[O-])cc2[N+](=O)[O-])n1Cc1ccccc1. The quantitative estimate of drug-likeness (QED) is 0.230. The maximum absolute atomic E-state index is 13.3. The lowest BCUT2D eigenvalue weighted by molar-refractivity contribution is -0.402. The van der Waals surface area contributed by atoms with Crippen molar-refractivity contribution in [2.75, 3.05) is 0 Å². The minimum absolute atomic E-state index is 0.228. The first kappa shape index (κ1) is 26.0. The van der Waals surface area contributed by atoms with Crippen LogP contribution in [0.3, 0.4) is 0 Å². The molecule has 0 fully saturated rings. The molecule has 0 aliphatic rings. The summed E-state index contributed by atoms with van der Waals surface area (Å²) in [5.41, 5.74) is -4.50. The van der Waals surface area contributed by atoms with Crippen molar-refractivity contribution in [3.63, 3.8) is 0 Å². The Hall–Kier alpha value is -5.03. The van der Waals surface area contributed by atoms with Gasteiger partial charge < -0.3 is 0 Å². The molecule has 0 amide bonds. The molecule has 194 valence electrons. The summed E-state index contributed by atoms with van der Waals surface area (Å²) in [6.45, 7) is -0.235. The standard InChI is InChI=1S/C21H14N6O9S2/c28-21-23(13-14-7-3-1-4-8-14)20(37-27(21)38(35,36)16-9-5-2-6-10-16)22-19-17(25(31)32)11-15(24(29)30)12-18(19)26(33)34/h1-12H,13H2. The van der Waals surface area contributed by atoms with Crippen LogP contribution >= 0.6 is 11.5 Å². The molecule has 0 unspecified atom stereocenters. The highest BCUT2D eigenvalue weighted by Crippen LogP contribution is 2.40. The Morgan fingerprint density at radius 2 is 1.34 bits per heavy atom. The van der Waals surface area contributed by atoms with E-state index in [4.69, 9.17) is 0 Å². The number of benzene rings is 3. The van der Waals surface area contributed by atoms with Crippen molar-refractivity contribution in [2.24, 2.45) is 4.99 Å². The summed E-state index contributed by atoms with van der Waals surface area (Å²) in [5, 5.41) is 34.6. The highest BCUT2D eigenvalue weighted by atomic mass is 32.3. The summed E-state index contributed by atoms with van der Waals surface area (Å²) in [7, 11) is -4.44. The van der Waals surface area contributed by atoms with E-state index in [0.717, 1.165) is 4.57 Å². The van der Waals surface area contributed by atoms with Crippen molar-refractivity contribution < 1.29 is 23.2 Å². The van der Waals surface area contributed by atoms with E-state index in [1.165, 1.54) is 24.3 Å². The molecule has 15 nitrogen and oxygen atoms in total. The third kappa shape index (κ3) is 4.95. The second kappa shape index (κ2) is 10.1. The van der Waals surface area contributed by atoms with Gasteiger partial charge in [-0.15, -0.1) is 3.36 Å². The van der Waals surface area contributed by atoms with Crippen molar-refractivity contribution in [2.45, 2.75) is 11.4 Å². The van der Waals surface area contributed by atoms with Gasteiger partial charge in [-0.3, -0.25) is 34.9 Å².